The lowest BCUT2D eigenvalue weighted by atomic mass is 10.2. The van der Waals surface area contributed by atoms with Gasteiger partial charge >= 0.3 is 0 Å². The fraction of sp³-hybridized carbons (Fsp3) is 0.222. The van der Waals surface area contributed by atoms with Crippen molar-refractivity contribution in [3.05, 3.63) is 47.7 Å². The third-order valence-corrected chi connectivity index (χ3v) is 6.32. The van der Waals surface area contributed by atoms with Crippen LogP contribution >= 0.6 is 11.6 Å². The molecule has 8 heteroatoms. The zero-order valence-corrected chi connectivity index (χ0v) is 16.1. The molecule has 136 valence electrons. The molecule has 0 saturated heterocycles. The number of benzene rings is 2. The van der Waals surface area contributed by atoms with Crippen molar-refractivity contribution >= 4 is 43.8 Å². The molecule has 1 N–H and O–H groups in total. The number of rotatable bonds is 5. The van der Waals surface area contributed by atoms with Gasteiger partial charge < -0.3 is 10.1 Å². The zero-order valence-electron chi connectivity index (χ0n) is 14.5. The predicted octanol–water partition coefficient (Wildman–Crippen LogP) is 4.22. The Labute approximate surface area is 157 Å². The van der Waals surface area contributed by atoms with Crippen molar-refractivity contribution in [1.29, 1.82) is 0 Å². The Balaban J connectivity index is 2.19. The second-order valence-electron chi connectivity index (χ2n) is 5.94. The van der Waals surface area contributed by atoms with Gasteiger partial charge in [-0.15, -0.1) is 0 Å². The van der Waals surface area contributed by atoms with Gasteiger partial charge in [-0.1, -0.05) is 12.1 Å². The van der Waals surface area contributed by atoms with Gasteiger partial charge in [0.25, 0.3) is 0 Å². The van der Waals surface area contributed by atoms with Crippen molar-refractivity contribution < 1.29 is 13.2 Å². The molecule has 3 rings (SSSR count). The maximum absolute atomic E-state index is 12.7. The minimum atomic E-state index is -3.51. The molecular weight excluding hydrogens is 374 g/mol. The Bertz CT molecular complexity index is 1070. The molecule has 0 unspecified atom stereocenters. The van der Waals surface area contributed by atoms with Gasteiger partial charge in [-0.05, 0) is 49.7 Å². The average Bonchev–Trinajstić information content (AvgIpc) is 2.61. The molecule has 6 nitrogen and oxygen atoms in total. The van der Waals surface area contributed by atoms with Crippen LogP contribution in [0.25, 0.3) is 10.9 Å². The molecule has 0 amide bonds. The Morgan fingerprint density at radius 3 is 2.54 bits per heavy atom. The lowest BCUT2D eigenvalue weighted by molar-refractivity contribution is 0.414. The minimum Gasteiger partial charge on any atom is -0.497 e. The van der Waals surface area contributed by atoms with Gasteiger partial charge in [0, 0.05) is 11.5 Å². The average molecular weight is 392 g/mol. The first kappa shape index (κ1) is 18.4. The summed E-state index contributed by atoms with van der Waals surface area (Å²) in [6.07, 6.45) is 0. The van der Waals surface area contributed by atoms with Gasteiger partial charge in [0.15, 0.2) is 9.84 Å². The quantitative estimate of drug-likeness (QED) is 0.656. The number of methoxy groups -OCH3 is 1. The Morgan fingerprint density at radius 1 is 1.12 bits per heavy atom. The monoisotopic (exact) mass is 391 g/mol. The zero-order chi connectivity index (χ0) is 18.9. The molecule has 2 aromatic carbocycles. The van der Waals surface area contributed by atoms with Crippen LogP contribution in [-0.2, 0) is 9.84 Å². The van der Waals surface area contributed by atoms with Gasteiger partial charge in [-0.2, -0.15) is 4.98 Å². The van der Waals surface area contributed by atoms with Crippen LogP contribution in [0.2, 0.25) is 5.28 Å². The first-order chi connectivity index (χ1) is 12.3. The number of nitrogens with zero attached hydrogens (tertiary/aromatic N) is 2. The molecule has 0 aliphatic carbocycles. The molecule has 1 heterocycles. The summed E-state index contributed by atoms with van der Waals surface area (Å²) < 4.78 is 30.7. The van der Waals surface area contributed by atoms with E-state index in [4.69, 9.17) is 16.3 Å². The van der Waals surface area contributed by atoms with Crippen LogP contribution in [0.1, 0.15) is 13.8 Å². The van der Waals surface area contributed by atoms with E-state index in [0.717, 1.165) is 5.39 Å². The van der Waals surface area contributed by atoms with Crippen LogP contribution in [-0.4, -0.2) is 30.7 Å². The number of sulfone groups is 1. The maximum Gasteiger partial charge on any atom is 0.224 e. The summed E-state index contributed by atoms with van der Waals surface area (Å²) in [4.78, 5) is 8.58. The second kappa shape index (κ2) is 7.09. The molecular formula is C18H18ClN3O3S. The molecule has 0 atom stereocenters. The van der Waals surface area contributed by atoms with Gasteiger partial charge in [0.2, 0.25) is 5.28 Å². The number of nitrogens with one attached hydrogen (secondary N) is 1. The van der Waals surface area contributed by atoms with E-state index in [-0.39, 0.29) is 10.2 Å². The van der Waals surface area contributed by atoms with Gasteiger partial charge in [0.05, 0.1) is 28.5 Å². The van der Waals surface area contributed by atoms with Crippen LogP contribution in [0.3, 0.4) is 0 Å². The summed E-state index contributed by atoms with van der Waals surface area (Å²) >= 11 is 6.02. The molecule has 0 aliphatic rings. The number of hydrogen-bond donors (Lipinski definition) is 1. The van der Waals surface area contributed by atoms with E-state index in [2.05, 4.69) is 15.3 Å². The number of halogens is 1. The Morgan fingerprint density at radius 2 is 1.85 bits per heavy atom. The highest BCUT2D eigenvalue weighted by Crippen LogP contribution is 2.33. The fourth-order valence-corrected chi connectivity index (χ4v) is 3.86. The first-order valence-electron chi connectivity index (χ1n) is 7.94. The number of aromatic nitrogens is 2. The molecule has 0 saturated carbocycles. The van der Waals surface area contributed by atoms with E-state index >= 15 is 0 Å². The Kier molecular flexibility index (Phi) is 5.02. The molecule has 3 aromatic rings. The highest BCUT2D eigenvalue weighted by atomic mass is 35.5. The minimum absolute atomic E-state index is 0.0716. The van der Waals surface area contributed by atoms with E-state index in [0.29, 0.717) is 22.8 Å². The van der Waals surface area contributed by atoms with Crippen LogP contribution in [0, 0.1) is 0 Å². The number of para-hydroxylation sites is 1. The molecule has 0 spiro atoms. The van der Waals surface area contributed by atoms with Crippen molar-refractivity contribution in [2.24, 2.45) is 0 Å². The second-order valence-corrected chi connectivity index (χ2v) is 8.75. The lowest BCUT2D eigenvalue weighted by Crippen LogP contribution is -2.16. The van der Waals surface area contributed by atoms with E-state index < -0.39 is 15.1 Å². The van der Waals surface area contributed by atoms with Gasteiger partial charge in [-0.25, -0.2) is 13.4 Å². The lowest BCUT2D eigenvalue weighted by Gasteiger charge is -2.16. The summed E-state index contributed by atoms with van der Waals surface area (Å²) in [5.41, 5.74) is 1.03. The summed E-state index contributed by atoms with van der Waals surface area (Å²) in [5.74, 6) is 0.953. The fourth-order valence-electron chi connectivity index (χ4n) is 2.51. The van der Waals surface area contributed by atoms with Crippen LogP contribution in [0.5, 0.6) is 5.75 Å². The molecule has 26 heavy (non-hydrogen) atoms. The predicted molar refractivity (Wildman–Crippen MR) is 103 cm³/mol. The smallest absolute Gasteiger partial charge is 0.224 e. The number of anilines is 2. The highest BCUT2D eigenvalue weighted by molar-refractivity contribution is 7.92. The summed E-state index contributed by atoms with van der Waals surface area (Å²) in [7, 11) is -1.99. The summed E-state index contributed by atoms with van der Waals surface area (Å²) in [6, 6.07) is 12.1. The SMILES string of the molecule is COc1ccc(S(=O)(=O)C(C)C)c(Nc2nc(Cl)nc3ccccc23)c1. The van der Waals surface area contributed by atoms with E-state index in [1.165, 1.54) is 13.2 Å². The topological polar surface area (TPSA) is 81.2 Å². The van der Waals surface area contributed by atoms with E-state index in [1.807, 2.05) is 24.3 Å². The summed E-state index contributed by atoms with van der Waals surface area (Å²) in [6.45, 7) is 3.28. The third-order valence-electron chi connectivity index (χ3n) is 3.94. The van der Waals surface area contributed by atoms with E-state index in [9.17, 15) is 8.42 Å². The third kappa shape index (κ3) is 3.45. The van der Waals surface area contributed by atoms with E-state index in [1.54, 1.807) is 26.0 Å². The normalized spacial score (nSPS) is 11.7. The molecule has 1 aromatic heterocycles. The number of ether oxygens (including phenoxy) is 1. The van der Waals surface area contributed by atoms with Crippen LogP contribution in [0.4, 0.5) is 11.5 Å². The molecule has 0 bridgehead atoms. The van der Waals surface area contributed by atoms with Crippen molar-refractivity contribution in [3.63, 3.8) is 0 Å². The van der Waals surface area contributed by atoms with Crippen LogP contribution in [0.15, 0.2) is 47.4 Å². The maximum atomic E-state index is 12.7. The highest BCUT2D eigenvalue weighted by Gasteiger charge is 2.24. The van der Waals surface area contributed by atoms with Gasteiger partial charge in [-0.3, -0.25) is 0 Å². The van der Waals surface area contributed by atoms with Crippen molar-refractivity contribution in [3.8, 4) is 5.75 Å². The number of fused-ring (bicyclic) bond motifs is 1. The van der Waals surface area contributed by atoms with Crippen molar-refractivity contribution in [1.82, 2.24) is 9.97 Å². The molecule has 0 fully saturated rings. The standard InChI is InChI=1S/C18H18ClN3O3S/c1-11(2)26(23,24)16-9-8-12(25-3)10-15(16)20-17-13-6-4-5-7-14(13)21-18(19)22-17/h4-11H,1-3H3,(H,20,21,22). The first-order valence-corrected chi connectivity index (χ1v) is 9.86. The summed E-state index contributed by atoms with van der Waals surface area (Å²) in [5, 5.41) is 3.33. The Hall–Kier alpha value is -2.38. The van der Waals surface area contributed by atoms with Gasteiger partial charge in [0.1, 0.15) is 11.6 Å². The molecule has 0 radical (unpaired) electrons. The molecule has 0 aliphatic heterocycles. The number of hydrogen-bond acceptors (Lipinski definition) is 6. The van der Waals surface area contributed by atoms with Crippen molar-refractivity contribution in [2.45, 2.75) is 24.0 Å². The largest absolute Gasteiger partial charge is 0.497 e. The van der Waals surface area contributed by atoms with Crippen LogP contribution < -0.4 is 10.1 Å². The van der Waals surface area contributed by atoms with Crippen molar-refractivity contribution in [2.75, 3.05) is 12.4 Å².